The zero-order valence-corrected chi connectivity index (χ0v) is 31.9. The first-order valence-electron chi connectivity index (χ1n) is 19.4. The number of aromatic nitrogens is 1. The molecule has 5 rings (SSSR count). The molecule has 3 atom stereocenters. The highest BCUT2D eigenvalue weighted by atomic mass is 16.7. The van der Waals surface area contributed by atoms with Crippen LogP contribution in [0.4, 0.5) is 0 Å². The largest absolute Gasteiger partial charge is 0.508 e. The van der Waals surface area contributed by atoms with Crippen molar-refractivity contribution >= 4 is 17.5 Å². The van der Waals surface area contributed by atoms with E-state index in [2.05, 4.69) is 41.4 Å². The van der Waals surface area contributed by atoms with Crippen LogP contribution in [0.1, 0.15) is 99.0 Å². The van der Waals surface area contributed by atoms with Gasteiger partial charge in [-0.3, -0.25) is 14.6 Å². The minimum absolute atomic E-state index is 0.0130. The van der Waals surface area contributed by atoms with Gasteiger partial charge in [0.2, 0.25) is 0 Å². The Kier molecular flexibility index (Phi) is 16.5. The lowest BCUT2D eigenvalue weighted by molar-refractivity contribution is -0.244. The Balaban J connectivity index is 1.13. The van der Waals surface area contributed by atoms with Crippen LogP contribution in [0.3, 0.4) is 0 Å². The fourth-order valence-corrected chi connectivity index (χ4v) is 6.50. The lowest BCUT2D eigenvalue weighted by atomic mass is 9.91. The van der Waals surface area contributed by atoms with E-state index < -0.39 is 6.29 Å². The second-order valence-electron chi connectivity index (χ2n) is 13.4. The van der Waals surface area contributed by atoms with Crippen molar-refractivity contribution in [2.75, 3.05) is 26.4 Å². The summed E-state index contributed by atoms with van der Waals surface area (Å²) in [6.07, 6.45) is 14.3. The molecule has 4 aromatic rings. The molecule has 1 N–H and O–H groups in total. The molecule has 3 aromatic carbocycles. The Hall–Kier alpha value is -5.25. The molecule has 2 heterocycles. The minimum Gasteiger partial charge on any atom is -0.508 e. The van der Waals surface area contributed by atoms with Crippen molar-refractivity contribution in [1.82, 2.24) is 4.98 Å². The van der Waals surface area contributed by atoms with Crippen LogP contribution >= 0.6 is 0 Å². The maximum absolute atomic E-state index is 11.7. The summed E-state index contributed by atoms with van der Waals surface area (Å²) in [4.78, 5) is 27.7. The van der Waals surface area contributed by atoms with Crippen LogP contribution in [-0.4, -0.2) is 48.5 Å². The normalized spacial score (nSPS) is 17.2. The number of carbonyl (C=O) groups is 2. The van der Waals surface area contributed by atoms with Crippen molar-refractivity contribution in [3.05, 3.63) is 143 Å². The molecule has 9 heteroatoms. The number of nitrogens with zero attached hydrogens (tertiary/aromatic N) is 1. The van der Waals surface area contributed by atoms with Gasteiger partial charge in [-0.15, -0.1) is 0 Å². The molecule has 9 nitrogen and oxygen atoms in total. The first kappa shape index (κ1) is 40.9. The molecule has 0 spiro atoms. The summed E-state index contributed by atoms with van der Waals surface area (Å²) in [5.41, 5.74) is 5.98. The van der Waals surface area contributed by atoms with E-state index in [-0.39, 0.29) is 29.7 Å². The van der Waals surface area contributed by atoms with Crippen LogP contribution in [0, 0.1) is 5.92 Å². The average Bonchev–Trinajstić information content (AvgIpc) is 3.21. The molecule has 1 aliphatic rings. The lowest BCUT2D eigenvalue weighted by Gasteiger charge is -2.37. The molecule has 0 bridgehead atoms. The number of benzene rings is 3. The number of hydrogen-bond donors (Lipinski definition) is 1. The van der Waals surface area contributed by atoms with Crippen molar-refractivity contribution in [3.63, 3.8) is 0 Å². The van der Waals surface area contributed by atoms with Crippen molar-refractivity contribution in [2.24, 2.45) is 5.92 Å². The van der Waals surface area contributed by atoms with Crippen LogP contribution in [0.5, 0.6) is 11.5 Å². The van der Waals surface area contributed by atoms with Gasteiger partial charge in [-0.25, -0.2) is 0 Å². The highest BCUT2D eigenvalue weighted by Gasteiger charge is 2.34. The molecule has 1 aliphatic heterocycles. The molecule has 0 amide bonds. The third-order valence-corrected chi connectivity index (χ3v) is 9.37. The molecule has 0 unspecified atom stereocenters. The molecule has 0 saturated carbocycles. The number of carbonyl (C=O) groups excluding carboxylic acids is 2. The number of hydrogen-bond acceptors (Lipinski definition) is 9. The number of phenolic OH excluding ortho intramolecular Hbond substituents is 1. The maximum Gasteiger partial charge on any atom is 0.306 e. The summed E-state index contributed by atoms with van der Waals surface area (Å²) >= 11 is 0. The topological polar surface area (TPSA) is 113 Å². The molecule has 55 heavy (non-hydrogen) atoms. The van der Waals surface area contributed by atoms with Gasteiger partial charge < -0.3 is 28.8 Å². The Bertz CT molecular complexity index is 1820. The second-order valence-corrected chi connectivity index (χ2v) is 13.4. The van der Waals surface area contributed by atoms with Crippen molar-refractivity contribution in [2.45, 2.75) is 77.6 Å². The number of phenols is 1. The van der Waals surface area contributed by atoms with E-state index in [1.807, 2.05) is 67.7 Å². The number of pyridine rings is 1. The fraction of sp³-hybridized carbons (Fsp3) is 0.370. The zero-order valence-electron chi connectivity index (χ0n) is 31.9. The van der Waals surface area contributed by atoms with E-state index in [0.29, 0.717) is 52.1 Å². The number of ether oxygens (including phenoxy) is 5. The van der Waals surface area contributed by atoms with Gasteiger partial charge in [0.15, 0.2) is 6.29 Å². The van der Waals surface area contributed by atoms with Gasteiger partial charge in [-0.2, -0.15) is 0 Å². The van der Waals surface area contributed by atoms with Gasteiger partial charge in [0.25, 0.3) is 0 Å². The molecule has 1 saturated heterocycles. The number of esters is 2. The molecule has 1 fully saturated rings. The van der Waals surface area contributed by atoms with E-state index in [1.54, 1.807) is 25.3 Å². The number of unbranched alkanes of at least 4 members (excludes halogenated alkanes) is 2. The quantitative estimate of drug-likeness (QED) is 0.0536. The predicted octanol–water partition coefficient (Wildman–Crippen LogP) is 9.66. The summed E-state index contributed by atoms with van der Waals surface area (Å²) in [6.45, 7) is 5.40. The summed E-state index contributed by atoms with van der Waals surface area (Å²) < 4.78 is 28.9. The van der Waals surface area contributed by atoms with E-state index in [4.69, 9.17) is 23.7 Å². The summed E-state index contributed by atoms with van der Waals surface area (Å²) in [7, 11) is 0. The number of allylic oxidation sites excluding steroid dienone is 3. The van der Waals surface area contributed by atoms with Gasteiger partial charge in [0.1, 0.15) is 11.5 Å². The Morgan fingerprint density at radius 3 is 2.33 bits per heavy atom. The van der Waals surface area contributed by atoms with Gasteiger partial charge >= 0.3 is 11.9 Å². The third-order valence-electron chi connectivity index (χ3n) is 9.37. The Labute approximate surface area is 325 Å². The Morgan fingerprint density at radius 2 is 1.60 bits per heavy atom. The number of aromatic hydroxyl groups is 1. The zero-order chi connectivity index (χ0) is 38.7. The highest BCUT2D eigenvalue weighted by molar-refractivity contribution is 5.79. The van der Waals surface area contributed by atoms with Crippen molar-refractivity contribution < 1.29 is 38.4 Å². The van der Waals surface area contributed by atoms with E-state index in [9.17, 15) is 14.7 Å². The SMILES string of the molecule is CCOC(=O)CC/C=C\C[C@@H]1CO[C@H](c2ccc(CCOc3ccc(/C(=C\CCCCC(=O)OCC)c4cccnc4)cc3)cc2)O[C@@H]1c1ccccc1O. The molecule has 1 aromatic heterocycles. The number of rotatable bonds is 20. The standard InChI is InChI=1S/C46H53NO8/c1-3-51-43(49)19-9-5-7-14-38-33-54-46(55-45(38)41-17-11-12-18-42(41)48)36-23-21-34(22-24-36)29-31-53-39-27-25-35(26-28-39)40(37-15-13-30-47-32-37)16-8-6-10-20-44(50)52-4-2/h5,7,11-13,15-18,21-28,30,32,38,45-46,48H,3-4,6,8-10,14,19-20,29,31,33H2,1-2H3/b7-5-,40-16+/t38-,45+,46+/m1/s1. The molecular formula is C46H53NO8. The first-order chi connectivity index (χ1) is 26.9. The molecule has 0 radical (unpaired) electrons. The smallest absolute Gasteiger partial charge is 0.306 e. The lowest BCUT2D eigenvalue weighted by Crippen LogP contribution is -2.30. The Morgan fingerprint density at radius 1 is 0.836 bits per heavy atom. The summed E-state index contributed by atoms with van der Waals surface area (Å²) in [5, 5.41) is 10.7. The van der Waals surface area contributed by atoms with E-state index in [0.717, 1.165) is 64.8 Å². The molecule has 290 valence electrons. The fourth-order valence-electron chi connectivity index (χ4n) is 6.50. The molecule has 0 aliphatic carbocycles. The third kappa shape index (κ3) is 12.9. The predicted molar refractivity (Wildman–Crippen MR) is 212 cm³/mol. The summed E-state index contributed by atoms with van der Waals surface area (Å²) in [6, 6.07) is 27.6. The van der Waals surface area contributed by atoms with Gasteiger partial charge in [-0.05, 0) is 86.9 Å². The second kappa shape index (κ2) is 22.2. The van der Waals surface area contributed by atoms with E-state index in [1.165, 1.54) is 0 Å². The van der Waals surface area contributed by atoms with Gasteiger partial charge in [-0.1, -0.05) is 78.9 Å². The van der Waals surface area contributed by atoms with Crippen LogP contribution in [0.2, 0.25) is 0 Å². The number of para-hydroxylation sites is 1. The van der Waals surface area contributed by atoms with Gasteiger partial charge in [0.05, 0.1) is 32.5 Å². The van der Waals surface area contributed by atoms with E-state index >= 15 is 0 Å². The van der Waals surface area contributed by atoms with Crippen LogP contribution in [0.15, 0.2) is 116 Å². The average molecular weight is 748 g/mol. The van der Waals surface area contributed by atoms with Crippen molar-refractivity contribution in [3.8, 4) is 11.5 Å². The monoisotopic (exact) mass is 747 g/mol. The van der Waals surface area contributed by atoms with Crippen LogP contribution < -0.4 is 4.74 Å². The first-order valence-corrected chi connectivity index (χ1v) is 19.4. The van der Waals surface area contributed by atoms with Crippen LogP contribution in [-0.2, 0) is 35.0 Å². The van der Waals surface area contributed by atoms with Crippen LogP contribution in [0.25, 0.3) is 5.57 Å². The molecular weight excluding hydrogens is 695 g/mol. The minimum atomic E-state index is -0.576. The maximum atomic E-state index is 11.7. The van der Waals surface area contributed by atoms with Crippen molar-refractivity contribution in [1.29, 1.82) is 0 Å². The van der Waals surface area contributed by atoms with Gasteiger partial charge in [0, 0.05) is 54.3 Å². The summed E-state index contributed by atoms with van der Waals surface area (Å²) in [5.74, 6) is 0.632. The highest BCUT2D eigenvalue weighted by Crippen LogP contribution is 2.42.